The first-order valence-electron chi connectivity index (χ1n) is 11.8. The molecular formula is C24H39N5O4. The summed E-state index contributed by atoms with van der Waals surface area (Å²) >= 11 is 0. The Balaban J connectivity index is 1.68. The number of rotatable bonds is 5. The first kappa shape index (κ1) is 25.2. The third kappa shape index (κ3) is 8.16. The number of ether oxygens (including phenoxy) is 2. The highest BCUT2D eigenvalue weighted by Crippen LogP contribution is 2.25. The van der Waals surface area contributed by atoms with Gasteiger partial charge in [0.25, 0.3) is 0 Å². The van der Waals surface area contributed by atoms with Crippen molar-refractivity contribution >= 4 is 18.0 Å². The second-order valence-corrected chi connectivity index (χ2v) is 11.0. The smallest absolute Gasteiger partial charge is 0.413 e. The van der Waals surface area contributed by atoms with Gasteiger partial charge in [-0.05, 0) is 79.0 Å². The van der Waals surface area contributed by atoms with Gasteiger partial charge in [0.15, 0.2) is 0 Å². The van der Waals surface area contributed by atoms with Gasteiger partial charge in [0, 0.05) is 37.4 Å². The minimum atomic E-state index is -0.579. The number of hydrogen-bond donors (Lipinski definition) is 3. The zero-order valence-corrected chi connectivity index (χ0v) is 20.7. The van der Waals surface area contributed by atoms with Crippen LogP contribution in [0, 0.1) is 5.92 Å². The fraction of sp³-hybridized carbons (Fsp3) is 0.708. The molecule has 2 amide bonds. The highest BCUT2D eigenvalue weighted by molar-refractivity contribution is 5.83. The molecule has 3 N–H and O–H groups in total. The molecule has 9 heteroatoms. The van der Waals surface area contributed by atoms with Crippen molar-refractivity contribution < 1.29 is 19.1 Å². The van der Waals surface area contributed by atoms with Crippen molar-refractivity contribution in [3.63, 3.8) is 0 Å². The van der Waals surface area contributed by atoms with E-state index >= 15 is 0 Å². The Labute approximate surface area is 197 Å². The van der Waals surface area contributed by atoms with E-state index in [1.54, 1.807) is 11.0 Å². The predicted octanol–water partition coefficient (Wildman–Crippen LogP) is 3.16. The number of pyridine rings is 1. The van der Waals surface area contributed by atoms with E-state index < -0.39 is 17.3 Å². The lowest BCUT2D eigenvalue weighted by Crippen LogP contribution is -2.45. The van der Waals surface area contributed by atoms with Crippen molar-refractivity contribution in [3.8, 4) is 0 Å². The molecular weight excluding hydrogens is 422 g/mol. The molecule has 0 radical (unpaired) electrons. The van der Waals surface area contributed by atoms with Gasteiger partial charge in [-0.15, -0.1) is 0 Å². The van der Waals surface area contributed by atoms with Crippen molar-refractivity contribution in [2.75, 3.05) is 31.5 Å². The van der Waals surface area contributed by atoms with Crippen molar-refractivity contribution in [1.29, 1.82) is 0 Å². The Hall–Kier alpha value is -2.39. The van der Waals surface area contributed by atoms with E-state index in [1.165, 1.54) is 0 Å². The number of likely N-dealkylation sites (tertiary alicyclic amines) is 1. The number of aromatic nitrogens is 1. The molecule has 2 unspecified atom stereocenters. The molecule has 0 bridgehead atoms. The molecule has 3 rings (SSSR count). The Morgan fingerprint density at radius 1 is 1.12 bits per heavy atom. The van der Waals surface area contributed by atoms with Crippen LogP contribution in [0.3, 0.4) is 0 Å². The van der Waals surface area contributed by atoms with Crippen molar-refractivity contribution in [3.05, 3.63) is 23.9 Å². The Morgan fingerprint density at radius 2 is 1.85 bits per heavy atom. The highest BCUT2D eigenvalue weighted by atomic mass is 16.6. The average molecular weight is 462 g/mol. The van der Waals surface area contributed by atoms with Gasteiger partial charge in [-0.25, -0.2) is 14.6 Å². The quantitative estimate of drug-likeness (QED) is 0.619. The number of nitrogens with one attached hydrogen (secondary N) is 3. The number of anilines is 1. The normalized spacial score (nSPS) is 23.5. The van der Waals surface area contributed by atoms with Gasteiger partial charge in [-0.1, -0.05) is 6.07 Å². The van der Waals surface area contributed by atoms with Crippen LogP contribution in [0.1, 0.15) is 53.7 Å². The lowest BCUT2D eigenvalue weighted by atomic mass is 9.96. The van der Waals surface area contributed by atoms with Gasteiger partial charge in [0.2, 0.25) is 0 Å². The summed E-state index contributed by atoms with van der Waals surface area (Å²) in [5, 5.41) is 9.83. The maximum Gasteiger partial charge on any atom is 0.413 e. The molecule has 0 saturated carbocycles. The van der Waals surface area contributed by atoms with Crippen LogP contribution in [0.25, 0.3) is 0 Å². The van der Waals surface area contributed by atoms with Crippen LogP contribution in [0.4, 0.5) is 15.4 Å². The van der Waals surface area contributed by atoms with E-state index in [4.69, 9.17) is 9.47 Å². The van der Waals surface area contributed by atoms with Crippen LogP contribution >= 0.6 is 0 Å². The monoisotopic (exact) mass is 461 g/mol. The van der Waals surface area contributed by atoms with Gasteiger partial charge in [-0.3, -0.25) is 5.32 Å². The van der Waals surface area contributed by atoms with Crippen LogP contribution < -0.4 is 16.0 Å². The molecule has 0 aliphatic carbocycles. The van der Waals surface area contributed by atoms with E-state index in [-0.39, 0.29) is 18.1 Å². The largest absolute Gasteiger partial charge is 0.444 e. The molecule has 0 aromatic carbocycles. The molecule has 9 nitrogen and oxygen atoms in total. The van der Waals surface area contributed by atoms with Gasteiger partial charge >= 0.3 is 12.2 Å². The molecule has 184 valence electrons. The fourth-order valence-corrected chi connectivity index (χ4v) is 4.18. The zero-order chi connectivity index (χ0) is 24.2. The van der Waals surface area contributed by atoms with Crippen LogP contribution in [-0.4, -0.2) is 71.5 Å². The minimum absolute atomic E-state index is 0.145. The minimum Gasteiger partial charge on any atom is -0.444 e. The predicted molar refractivity (Wildman–Crippen MR) is 127 cm³/mol. The Morgan fingerprint density at radius 3 is 2.48 bits per heavy atom. The molecule has 2 aliphatic rings. The molecule has 1 aromatic heterocycles. The van der Waals surface area contributed by atoms with E-state index in [1.807, 2.05) is 53.7 Å². The summed E-state index contributed by atoms with van der Waals surface area (Å²) in [6.07, 6.45) is 0.941. The lowest BCUT2D eigenvalue weighted by molar-refractivity contribution is 0.0285. The standard InChI is InChI=1S/C24H39N5O4/c1-23(2,3)32-21(30)28-20-9-7-8-17(27-20)12-16-14-29(22(31)33-24(4,5)6)15-19(16)26-18-10-11-25-13-18/h7-9,16,18-19,25-26H,10-15H2,1-6H3,(H,27,28,30)/t16?,18-,19?/m0/s1. The third-order valence-electron chi connectivity index (χ3n) is 5.51. The van der Waals surface area contributed by atoms with Crippen LogP contribution in [0.5, 0.6) is 0 Å². The van der Waals surface area contributed by atoms with Crippen molar-refractivity contribution in [1.82, 2.24) is 20.5 Å². The second-order valence-electron chi connectivity index (χ2n) is 11.0. The number of carbonyl (C=O) groups excluding carboxylic acids is 2. The fourth-order valence-electron chi connectivity index (χ4n) is 4.18. The molecule has 1 aromatic rings. The molecule has 0 spiro atoms. The van der Waals surface area contributed by atoms with Crippen molar-refractivity contribution in [2.24, 2.45) is 5.92 Å². The number of amides is 2. The SMILES string of the molecule is CC(C)(C)OC(=O)Nc1cccc(CC2CN(C(=O)OC(C)(C)C)CC2N[C@H]2CCNC2)n1. The van der Waals surface area contributed by atoms with Crippen LogP contribution in [0.2, 0.25) is 0 Å². The molecule has 2 saturated heterocycles. The molecule has 33 heavy (non-hydrogen) atoms. The first-order chi connectivity index (χ1) is 15.4. The maximum atomic E-state index is 12.7. The number of nitrogens with zero attached hydrogens (tertiary/aromatic N) is 2. The van der Waals surface area contributed by atoms with Gasteiger partial charge < -0.3 is 25.0 Å². The summed E-state index contributed by atoms with van der Waals surface area (Å²) in [7, 11) is 0. The van der Waals surface area contributed by atoms with Gasteiger partial charge in [0.1, 0.15) is 17.0 Å². The average Bonchev–Trinajstić information content (AvgIpc) is 3.30. The van der Waals surface area contributed by atoms with Gasteiger partial charge in [0.05, 0.1) is 0 Å². The second kappa shape index (κ2) is 10.3. The molecule has 3 heterocycles. The summed E-state index contributed by atoms with van der Waals surface area (Å²) in [5.41, 5.74) is -0.252. The third-order valence-corrected chi connectivity index (χ3v) is 5.51. The Kier molecular flexibility index (Phi) is 7.84. The highest BCUT2D eigenvalue weighted by Gasteiger charge is 2.38. The van der Waals surface area contributed by atoms with Gasteiger partial charge in [-0.2, -0.15) is 0 Å². The van der Waals surface area contributed by atoms with E-state index in [9.17, 15) is 9.59 Å². The van der Waals surface area contributed by atoms with E-state index in [0.717, 1.165) is 25.2 Å². The summed E-state index contributed by atoms with van der Waals surface area (Å²) in [4.78, 5) is 31.2. The first-order valence-corrected chi connectivity index (χ1v) is 11.8. The van der Waals surface area contributed by atoms with Crippen LogP contribution in [0.15, 0.2) is 18.2 Å². The summed E-state index contributed by atoms with van der Waals surface area (Å²) in [6, 6.07) is 6.11. The Bertz CT molecular complexity index is 827. The number of carbonyl (C=O) groups is 2. The van der Waals surface area contributed by atoms with E-state index in [0.29, 0.717) is 31.4 Å². The van der Waals surface area contributed by atoms with Crippen LogP contribution in [-0.2, 0) is 15.9 Å². The topological polar surface area (TPSA) is 105 Å². The number of hydrogen-bond acceptors (Lipinski definition) is 7. The summed E-state index contributed by atoms with van der Waals surface area (Å²) in [5.74, 6) is 0.635. The summed E-state index contributed by atoms with van der Waals surface area (Å²) in [6.45, 7) is 14.2. The lowest BCUT2D eigenvalue weighted by Gasteiger charge is -2.25. The molecule has 3 atom stereocenters. The molecule has 2 fully saturated rings. The maximum absolute atomic E-state index is 12.7. The van der Waals surface area contributed by atoms with Crippen molar-refractivity contribution in [2.45, 2.75) is 77.7 Å². The zero-order valence-electron chi connectivity index (χ0n) is 20.7. The molecule has 2 aliphatic heterocycles. The van der Waals surface area contributed by atoms with E-state index in [2.05, 4.69) is 20.9 Å². The summed E-state index contributed by atoms with van der Waals surface area (Å²) < 4.78 is 10.9.